The van der Waals surface area contributed by atoms with Gasteiger partial charge in [0.2, 0.25) is 0 Å². The first-order valence-corrected chi connectivity index (χ1v) is 9.01. The predicted octanol–water partition coefficient (Wildman–Crippen LogP) is 2.61. The highest BCUT2D eigenvalue weighted by atomic mass is 32.2. The van der Waals surface area contributed by atoms with Gasteiger partial charge in [0.15, 0.2) is 0 Å². The van der Waals surface area contributed by atoms with Crippen molar-refractivity contribution in [3.63, 3.8) is 0 Å². The lowest BCUT2D eigenvalue weighted by Crippen LogP contribution is -2.30. The molecule has 1 atom stereocenters. The average molecular weight is 364 g/mol. The van der Waals surface area contributed by atoms with E-state index in [4.69, 9.17) is 14.5 Å². The number of nitrogens with zero attached hydrogens (tertiary/aromatic N) is 3. The first-order chi connectivity index (χ1) is 12.2. The van der Waals surface area contributed by atoms with Crippen molar-refractivity contribution in [1.29, 1.82) is 0 Å². The molecule has 25 heavy (non-hydrogen) atoms. The van der Waals surface area contributed by atoms with Gasteiger partial charge in [0.25, 0.3) is 0 Å². The molecule has 136 valence electrons. The van der Waals surface area contributed by atoms with Gasteiger partial charge in [-0.15, -0.1) is 11.8 Å². The van der Waals surface area contributed by atoms with Gasteiger partial charge in [-0.1, -0.05) is 39.7 Å². The summed E-state index contributed by atoms with van der Waals surface area (Å²) in [6.07, 6.45) is 0. The van der Waals surface area contributed by atoms with Crippen molar-refractivity contribution in [1.82, 2.24) is 5.32 Å². The quantitative estimate of drug-likeness (QED) is 0.567. The van der Waals surface area contributed by atoms with Crippen LogP contribution in [0.15, 0.2) is 39.7 Å². The Morgan fingerprint density at radius 1 is 1.12 bits per heavy atom. The van der Waals surface area contributed by atoms with Crippen LogP contribution in [0, 0.1) is 0 Å². The second kappa shape index (κ2) is 10.0. The number of thioether (sulfide) groups is 1. The van der Waals surface area contributed by atoms with Crippen molar-refractivity contribution < 1.29 is 14.5 Å². The molecule has 0 bridgehead atoms. The number of rotatable bonds is 8. The van der Waals surface area contributed by atoms with E-state index in [1.807, 2.05) is 49.9 Å². The molecule has 7 nitrogen and oxygen atoms in total. The first-order valence-electron chi connectivity index (χ1n) is 7.96. The highest BCUT2D eigenvalue weighted by Crippen LogP contribution is 2.22. The molecule has 0 spiro atoms. The monoisotopic (exact) mass is 364 g/mol. The van der Waals surface area contributed by atoms with Gasteiger partial charge in [0, 0.05) is 23.4 Å². The van der Waals surface area contributed by atoms with Gasteiger partial charge in [-0.3, -0.25) is 5.32 Å². The highest BCUT2D eigenvalue weighted by molar-refractivity contribution is 8.00. The van der Waals surface area contributed by atoms with Gasteiger partial charge >= 0.3 is 0 Å². The van der Waals surface area contributed by atoms with Gasteiger partial charge < -0.3 is 14.5 Å². The second-order valence-corrected chi connectivity index (χ2v) is 6.54. The molecule has 1 heterocycles. The Morgan fingerprint density at radius 3 is 2.52 bits per heavy atom. The summed E-state index contributed by atoms with van der Waals surface area (Å²) in [6, 6.07) is 7.97. The number of benzene rings is 1. The van der Waals surface area contributed by atoms with E-state index in [-0.39, 0.29) is 5.37 Å². The molecular formula is C17H24N4O3S. The summed E-state index contributed by atoms with van der Waals surface area (Å²) in [7, 11) is 3.06. The number of nitrogens with one attached hydrogen (secondary N) is 1. The molecular weight excluding hydrogens is 340 g/mol. The minimum Gasteiger partial charge on any atom is -0.399 e. The van der Waals surface area contributed by atoms with E-state index < -0.39 is 0 Å². The summed E-state index contributed by atoms with van der Waals surface area (Å²) in [5.74, 6) is 1.05. The van der Waals surface area contributed by atoms with Crippen molar-refractivity contribution in [3.05, 3.63) is 35.4 Å². The molecule has 1 aliphatic rings. The minimum absolute atomic E-state index is 0.113. The zero-order valence-electron chi connectivity index (χ0n) is 15.0. The SMILES string of the molecule is CON=C(C)C(C)=NOCc1ccccc1C(=NOC)C1NCCS1. The normalized spacial score (nSPS) is 19.0. The van der Waals surface area contributed by atoms with Crippen molar-refractivity contribution in [2.24, 2.45) is 15.5 Å². The topological polar surface area (TPSA) is 76.8 Å². The maximum absolute atomic E-state index is 5.51. The third kappa shape index (κ3) is 5.47. The van der Waals surface area contributed by atoms with Crippen LogP contribution in [0.25, 0.3) is 0 Å². The maximum Gasteiger partial charge on any atom is 0.142 e. The van der Waals surface area contributed by atoms with E-state index >= 15 is 0 Å². The van der Waals surface area contributed by atoms with Gasteiger partial charge in [0.05, 0.1) is 0 Å². The van der Waals surface area contributed by atoms with Crippen LogP contribution in [0.3, 0.4) is 0 Å². The number of oxime groups is 3. The van der Waals surface area contributed by atoms with Crippen LogP contribution in [0.5, 0.6) is 0 Å². The van der Waals surface area contributed by atoms with Gasteiger partial charge in [-0.05, 0) is 13.8 Å². The molecule has 1 aromatic carbocycles. The van der Waals surface area contributed by atoms with Crippen LogP contribution in [0.2, 0.25) is 0 Å². The average Bonchev–Trinajstić information content (AvgIpc) is 3.14. The van der Waals surface area contributed by atoms with E-state index in [9.17, 15) is 0 Å². The predicted molar refractivity (Wildman–Crippen MR) is 102 cm³/mol. The standard InChI is InChI=1S/C17H24N4O3S/c1-12(19-22-3)13(2)20-24-11-14-7-5-6-8-15(14)16(21-23-4)17-18-9-10-25-17/h5-8,17-18H,9-11H2,1-4H3. The van der Waals surface area contributed by atoms with E-state index in [1.54, 1.807) is 7.11 Å². The molecule has 0 aliphatic carbocycles. The summed E-state index contributed by atoms with van der Waals surface area (Å²) in [5.41, 5.74) is 4.18. The maximum atomic E-state index is 5.51. The van der Waals surface area contributed by atoms with E-state index in [0.717, 1.165) is 29.1 Å². The second-order valence-electron chi connectivity index (χ2n) is 5.33. The fourth-order valence-corrected chi connectivity index (χ4v) is 3.34. The van der Waals surface area contributed by atoms with Crippen LogP contribution >= 0.6 is 11.8 Å². The Morgan fingerprint density at radius 2 is 1.84 bits per heavy atom. The Labute approximate surface area is 152 Å². The van der Waals surface area contributed by atoms with Gasteiger partial charge in [-0.25, -0.2) is 0 Å². The summed E-state index contributed by atoms with van der Waals surface area (Å²) >= 11 is 1.81. The lowest BCUT2D eigenvalue weighted by atomic mass is 10.0. The van der Waals surface area contributed by atoms with Crippen molar-refractivity contribution in [3.8, 4) is 0 Å². The van der Waals surface area contributed by atoms with Crippen molar-refractivity contribution in [2.75, 3.05) is 26.5 Å². The molecule has 0 radical (unpaired) electrons. The highest BCUT2D eigenvalue weighted by Gasteiger charge is 2.24. The summed E-state index contributed by atoms with van der Waals surface area (Å²) in [6.45, 7) is 4.92. The summed E-state index contributed by atoms with van der Waals surface area (Å²) in [4.78, 5) is 15.3. The van der Waals surface area contributed by atoms with E-state index in [2.05, 4.69) is 20.8 Å². The Bertz CT molecular complexity index is 655. The Balaban J connectivity index is 2.15. The molecule has 2 rings (SSSR count). The third-order valence-electron chi connectivity index (χ3n) is 3.62. The molecule has 0 amide bonds. The molecule has 1 aliphatic heterocycles. The Hall–Kier alpha value is -2.06. The number of hydrogen-bond donors (Lipinski definition) is 1. The van der Waals surface area contributed by atoms with Crippen LogP contribution in [-0.4, -0.2) is 49.0 Å². The van der Waals surface area contributed by atoms with Crippen LogP contribution in [0.1, 0.15) is 25.0 Å². The van der Waals surface area contributed by atoms with Gasteiger partial charge in [0.1, 0.15) is 43.3 Å². The molecule has 1 N–H and O–H groups in total. The fourth-order valence-electron chi connectivity index (χ4n) is 2.30. The molecule has 1 unspecified atom stereocenters. The molecule has 8 heteroatoms. The summed E-state index contributed by atoms with van der Waals surface area (Å²) in [5, 5.41) is 15.7. The lowest BCUT2D eigenvalue weighted by Gasteiger charge is -2.16. The van der Waals surface area contributed by atoms with Gasteiger partial charge in [-0.2, -0.15) is 0 Å². The summed E-state index contributed by atoms with van der Waals surface area (Å²) < 4.78 is 0. The van der Waals surface area contributed by atoms with E-state index in [0.29, 0.717) is 18.0 Å². The smallest absolute Gasteiger partial charge is 0.142 e. The zero-order valence-corrected chi connectivity index (χ0v) is 15.8. The minimum atomic E-state index is 0.113. The van der Waals surface area contributed by atoms with Crippen LogP contribution in [0.4, 0.5) is 0 Å². The molecule has 1 saturated heterocycles. The zero-order chi connectivity index (χ0) is 18.1. The van der Waals surface area contributed by atoms with Crippen LogP contribution < -0.4 is 5.32 Å². The Kier molecular flexibility index (Phi) is 7.75. The molecule has 0 aromatic heterocycles. The van der Waals surface area contributed by atoms with Crippen molar-refractivity contribution >= 4 is 28.9 Å². The van der Waals surface area contributed by atoms with Crippen molar-refractivity contribution in [2.45, 2.75) is 25.8 Å². The van der Waals surface area contributed by atoms with E-state index in [1.165, 1.54) is 7.11 Å². The number of hydrogen-bond acceptors (Lipinski definition) is 8. The molecule has 1 aromatic rings. The van der Waals surface area contributed by atoms with Crippen LogP contribution in [-0.2, 0) is 21.1 Å². The third-order valence-corrected chi connectivity index (χ3v) is 4.78. The first kappa shape index (κ1) is 19.3. The lowest BCUT2D eigenvalue weighted by molar-refractivity contribution is 0.130. The largest absolute Gasteiger partial charge is 0.399 e. The molecule has 0 saturated carbocycles. The fraction of sp³-hybridized carbons (Fsp3) is 0.471. The molecule has 1 fully saturated rings.